The summed E-state index contributed by atoms with van der Waals surface area (Å²) in [4.78, 5) is 52.1. The van der Waals surface area contributed by atoms with Gasteiger partial charge in [-0.1, -0.05) is 89.8 Å². The minimum absolute atomic E-state index is 0.121. The highest BCUT2D eigenvalue weighted by Gasteiger charge is 2.30. The van der Waals surface area contributed by atoms with Crippen molar-refractivity contribution in [2.45, 2.75) is 96.6 Å². The van der Waals surface area contributed by atoms with Gasteiger partial charge in [0, 0.05) is 41.4 Å². The van der Waals surface area contributed by atoms with E-state index < -0.39 is 24.0 Å². The van der Waals surface area contributed by atoms with Gasteiger partial charge in [-0.25, -0.2) is 14.8 Å². The number of benzene rings is 2. The smallest absolute Gasteiger partial charge is 0.327 e. The van der Waals surface area contributed by atoms with Gasteiger partial charge in [-0.15, -0.1) is 11.3 Å². The molecule has 2 aromatic carbocycles. The maximum absolute atomic E-state index is 13.7. The molecular weight excluding hydrogens is 687 g/mol. The molecule has 5 rings (SSSR count). The number of ether oxygens (including phenoxy) is 1. The molecule has 4 aromatic rings. The Morgan fingerprint density at radius 1 is 0.830 bits per heavy atom. The van der Waals surface area contributed by atoms with Gasteiger partial charge < -0.3 is 25.4 Å². The molecule has 1 fully saturated rings. The third-order valence-corrected chi connectivity index (χ3v) is 11.0. The van der Waals surface area contributed by atoms with Crippen molar-refractivity contribution in [3.05, 3.63) is 88.4 Å². The first-order valence-electron chi connectivity index (χ1n) is 18.8. The van der Waals surface area contributed by atoms with E-state index in [1.165, 1.54) is 37.0 Å². The van der Waals surface area contributed by atoms with Gasteiger partial charge in [0.2, 0.25) is 5.91 Å². The molecule has 2 aromatic heterocycles. The van der Waals surface area contributed by atoms with Crippen LogP contribution in [-0.2, 0) is 21.4 Å². The van der Waals surface area contributed by atoms with E-state index in [0.717, 1.165) is 71.8 Å². The lowest BCUT2D eigenvalue weighted by atomic mass is 9.95. The summed E-state index contributed by atoms with van der Waals surface area (Å²) in [7, 11) is 0. The SMILES string of the molecule is CCCCCCCOc1ccc(-c2cnc(-c3ccc(C[C@H](NC(=O)c4ccc(C(C)(C)C)s4)C(=O)NC(CN4CCCC4)C(=O)O)cc3)nc2)cc1. The van der Waals surface area contributed by atoms with Gasteiger partial charge in [-0.05, 0) is 73.2 Å². The molecule has 0 aliphatic carbocycles. The third kappa shape index (κ3) is 11.7. The van der Waals surface area contributed by atoms with Gasteiger partial charge in [0.05, 0.1) is 11.5 Å². The Hall–Kier alpha value is -4.61. The second-order valence-electron chi connectivity index (χ2n) is 14.8. The topological polar surface area (TPSA) is 134 Å². The summed E-state index contributed by atoms with van der Waals surface area (Å²) in [6.07, 6.45) is 11.8. The van der Waals surface area contributed by atoms with Crippen LogP contribution in [0.2, 0.25) is 0 Å². The second kappa shape index (κ2) is 18.9. The molecule has 0 radical (unpaired) electrons. The lowest BCUT2D eigenvalue weighted by Crippen LogP contribution is -2.55. The van der Waals surface area contributed by atoms with Crippen molar-refractivity contribution < 1.29 is 24.2 Å². The average molecular weight is 740 g/mol. The minimum Gasteiger partial charge on any atom is -0.494 e. The number of carbonyl (C=O) groups excluding carboxylic acids is 2. The van der Waals surface area contributed by atoms with Crippen LogP contribution in [0.5, 0.6) is 5.75 Å². The first kappa shape index (κ1) is 39.6. The molecule has 11 heteroatoms. The van der Waals surface area contributed by atoms with Crippen LogP contribution >= 0.6 is 11.3 Å². The summed E-state index contributed by atoms with van der Waals surface area (Å²) in [5.41, 5.74) is 3.37. The fourth-order valence-electron chi connectivity index (χ4n) is 6.27. The van der Waals surface area contributed by atoms with E-state index in [1.54, 1.807) is 18.5 Å². The number of nitrogens with zero attached hydrogens (tertiary/aromatic N) is 3. The van der Waals surface area contributed by atoms with Crippen LogP contribution in [0.3, 0.4) is 0 Å². The number of aromatic nitrogens is 2. The van der Waals surface area contributed by atoms with E-state index in [1.807, 2.05) is 59.5 Å². The standard InChI is InChI=1S/C42H53N5O5S/c1-5-6-7-8-11-24-52-33-18-16-30(17-19-33)32-26-43-38(44-27-32)31-14-12-29(13-15-31)25-34(45-40(49)36-20-21-37(53-36)42(2,3)4)39(48)46-35(41(50)51)28-47-22-9-10-23-47/h12-21,26-27,34-35H,5-11,22-25,28H2,1-4H3,(H,45,49)(H,46,48)(H,50,51)/t34-,35?/m0/s1. The fraction of sp³-hybridized carbons (Fsp3) is 0.452. The predicted molar refractivity (Wildman–Crippen MR) is 210 cm³/mol. The van der Waals surface area contributed by atoms with Crippen molar-refractivity contribution in [1.29, 1.82) is 0 Å². The lowest BCUT2D eigenvalue weighted by Gasteiger charge is -2.24. The van der Waals surface area contributed by atoms with Crippen LogP contribution in [0.15, 0.2) is 73.1 Å². The molecule has 3 N–H and O–H groups in total. The summed E-state index contributed by atoms with van der Waals surface area (Å²) in [6.45, 7) is 11.0. The van der Waals surface area contributed by atoms with Crippen molar-refractivity contribution in [2.75, 3.05) is 26.2 Å². The van der Waals surface area contributed by atoms with E-state index in [2.05, 4.69) is 48.3 Å². The Kier molecular flexibility index (Phi) is 14.1. The van der Waals surface area contributed by atoms with Crippen LogP contribution in [-0.4, -0.2) is 76.1 Å². The molecule has 282 valence electrons. The van der Waals surface area contributed by atoms with E-state index in [4.69, 9.17) is 4.74 Å². The van der Waals surface area contributed by atoms with Crippen molar-refractivity contribution in [1.82, 2.24) is 25.5 Å². The molecule has 3 heterocycles. The second-order valence-corrected chi connectivity index (χ2v) is 15.9. The van der Waals surface area contributed by atoms with Crippen molar-refractivity contribution in [2.24, 2.45) is 0 Å². The number of carbonyl (C=O) groups is 3. The zero-order valence-corrected chi connectivity index (χ0v) is 32.2. The molecule has 1 unspecified atom stereocenters. The number of nitrogens with one attached hydrogen (secondary N) is 2. The number of hydrogen-bond donors (Lipinski definition) is 3. The highest BCUT2D eigenvalue weighted by Crippen LogP contribution is 2.30. The molecular formula is C42H53N5O5S. The number of hydrogen-bond acceptors (Lipinski definition) is 8. The number of amides is 2. The molecule has 2 amide bonds. The number of carboxylic acids is 1. The Morgan fingerprint density at radius 2 is 1.49 bits per heavy atom. The molecule has 1 aliphatic rings. The molecule has 0 saturated carbocycles. The van der Waals surface area contributed by atoms with Crippen LogP contribution in [0.25, 0.3) is 22.5 Å². The molecule has 2 atom stereocenters. The first-order chi connectivity index (χ1) is 25.5. The number of unbranched alkanes of at least 4 members (excludes halogenated alkanes) is 4. The average Bonchev–Trinajstić information content (AvgIpc) is 3.87. The number of aliphatic carboxylic acids is 1. The van der Waals surface area contributed by atoms with Crippen LogP contribution < -0.4 is 15.4 Å². The summed E-state index contributed by atoms with van der Waals surface area (Å²) in [5, 5.41) is 15.5. The fourth-order valence-corrected chi connectivity index (χ4v) is 7.24. The van der Waals surface area contributed by atoms with E-state index in [9.17, 15) is 19.5 Å². The quantitative estimate of drug-likeness (QED) is 0.0893. The normalized spacial score (nSPS) is 14.4. The van der Waals surface area contributed by atoms with Crippen molar-refractivity contribution >= 4 is 29.1 Å². The first-order valence-corrected chi connectivity index (χ1v) is 19.6. The van der Waals surface area contributed by atoms with Gasteiger partial charge >= 0.3 is 5.97 Å². The molecule has 1 saturated heterocycles. The molecule has 10 nitrogen and oxygen atoms in total. The molecule has 0 bridgehead atoms. The van der Waals surface area contributed by atoms with Crippen LogP contribution in [0, 0.1) is 0 Å². The van der Waals surface area contributed by atoms with E-state index in [0.29, 0.717) is 10.7 Å². The highest BCUT2D eigenvalue weighted by molar-refractivity contribution is 7.14. The molecule has 0 spiro atoms. The maximum atomic E-state index is 13.7. The van der Waals surface area contributed by atoms with Crippen molar-refractivity contribution in [3.8, 4) is 28.3 Å². The van der Waals surface area contributed by atoms with E-state index in [-0.39, 0.29) is 24.3 Å². The number of carboxylic acid groups (broad SMARTS) is 1. The van der Waals surface area contributed by atoms with Crippen molar-refractivity contribution in [3.63, 3.8) is 0 Å². The number of rotatable bonds is 18. The molecule has 53 heavy (non-hydrogen) atoms. The van der Waals surface area contributed by atoms with Gasteiger partial charge in [0.15, 0.2) is 5.82 Å². The summed E-state index contributed by atoms with van der Waals surface area (Å²) >= 11 is 1.39. The van der Waals surface area contributed by atoms with Gasteiger partial charge in [0.25, 0.3) is 5.91 Å². The van der Waals surface area contributed by atoms with E-state index >= 15 is 0 Å². The highest BCUT2D eigenvalue weighted by atomic mass is 32.1. The number of thiophene rings is 1. The Morgan fingerprint density at radius 3 is 2.11 bits per heavy atom. The van der Waals surface area contributed by atoms with Gasteiger partial charge in [0.1, 0.15) is 17.8 Å². The van der Waals surface area contributed by atoms with Gasteiger partial charge in [-0.3, -0.25) is 9.59 Å². The zero-order chi connectivity index (χ0) is 37.8. The summed E-state index contributed by atoms with van der Waals surface area (Å²) < 4.78 is 5.90. The maximum Gasteiger partial charge on any atom is 0.327 e. The van der Waals surface area contributed by atoms with Gasteiger partial charge in [-0.2, -0.15) is 0 Å². The van der Waals surface area contributed by atoms with Crippen LogP contribution in [0.1, 0.15) is 92.8 Å². The third-order valence-electron chi connectivity index (χ3n) is 9.45. The summed E-state index contributed by atoms with van der Waals surface area (Å²) in [5.74, 6) is -0.603. The Balaban J connectivity index is 1.24. The molecule has 1 aliphatic heterocycles. The Bertz CT molecular complexity index is 1780. The summed E-state index contributed by atoms with van der Waals surface area (Å²) in [6, 6.07) is 17.1. The lowest BCUT2D eigenvalue weighted by molar-refractivity contribution is -0.142. The Labute approximate surface area is 317 Å². The number of likely N-dealkylation sites (tertiary alicyclic amines) is 1. The predicted octanol–water partition coefficient (Wildman–Crippen LogP) is 7.53. The monoisotopic (exact) mass is 739 g/mol. The zero-order valence-electron chi connectivity index (χ0n) is 31.4. The van der Waals surface area contributed by atoms with Crippen LogP contribution in [0.4, 0.5) is 0 Å². The largest absolute Gasteiger partial charge is 0.494 e. The minimum atomic E-state index is -1.10.